The molecular formula is C19H29NO6. The Bertz CT molecular complexity index is 594. The summed E-state index contributed by atoms with van der Waals surface area (Å²) in [5.41, 5.74) is -0.206. The molecule has 26 heavy (non-hydrogen) atoms. The molecule has 1 amide bonds. The summed E-state index contributed by atoms with van der Waals surface area (Å²) in [5, 5.41) is 12.2. The van der Waals surface area contributed by atoms with Gasteiger partial charge >= 0.3 is 12.1 Å². The number of rotatable bonds is 9. The SMILES string of the molecule is COC(=O)c1ccc(O)cc1OCCCCCCNC(=O)OC(C)(C)C. The number of methoxy groups -OCH3 is 1. The molecule has 0 aromatic heterocycles. The van der Waals surface area contributed by atoms with Crippen LogP contribution in [0.3, 0.4) is 0 Å². The molecule has 7 heteroatoms. The smallest absolute Gasteiger partial charge is 0.407 e. The molecule has 0 heterocycles. The van der Waals surface area contributed by atoms with E-state index in [0.717, 1.165) is 25.7 Å². The largest absolute Gasteiger partial charge is 0.508 e. The summed E-state index contributed by atoms with van der Waals surface area (Å²) in [6, 6.07) is 4.28. The van der Waals surface area contributed by atoms with Gasteiger partial charge in [-0.25, -0.2) is 9.59 Å². The molecule has 0 atom stereocenters. The Balaban J connectivity index is 2.21. The molecule has 7 nitrogen and oxygen atoms in total. The molecule has 0 spiro atoms. The molecule has 0 radical (unpaired) electrons. The number of alkyl carbamates (subject to hydrolysis) is 1. The van der Waals surface area contributed by atoms with Crippen molar-refractivity contribution in [2.75, 3.05) is 20.3 Å². The van der Waals surface area contributed by atoms with Crippen molar-refractivity contribution in [3.63, 3.8) is 0 Å². The van der Waals surface area contributed by atoms with E-state index >= 15 is 0 Å². The maximum atomic E-state index is 11.7. The number of hydrogen-bond acceptors (Lipinski definition) is 6. The van der Waals surface area contributed by atoms with E-state index in [2.05, 4.69) is 5.32 Å². The Morgan fingerprint density at radius 3 is 2.46 bits per heavy atom. The van der Waals surface area contributed by atoms with Crippen LogP contribution in [0.4, 0.5) is 4.79 Å². The summed E-state index contributed by atoms with van der Waals surface area (Å²) in [4.78, 5) is 23.1. The van der Waals surface area contributed by atoms with Crippen LogP contribution in [0.2, 0.25) is 0 Å². The van der Waals surface area contributed by atoms with Gasteiger partial charge in [-0.1, -0.05) is 12.8 Å². The van der Waals surface area contributed by atoms with E-state index in [1.54, 1.807) is 0 Å². The van der Waals surface area contributed by atoms with Gasteiger partial charge in [-0.3, -0.25) is 0 Å². The summed E-state index contributed by atoms with van der Waals surface area (Å²) in [5.74, 6) is -0.169. The molecule has 1 aromatic rings. The molecule has 0 aliphatic heterocycles. The van der Waals surface area contributed by atoms with E-state index < -0.39 is 17.7 Å². The number of carbonyl (C=O) groups is 2. The second-order valence-electron chi connectivity index (χ2n) is 6.86. The van der Waals surface area contributed by atoms with E-state index in [1.165, 1.54) is 25.3 Å². The summed E-state index contributed by atoms with van der Waals surface area (Å²) < 4.78 is 15.4. The van der Waals surface area contributed by atoms with Crippen molar-refractivity contribution in [3.05, 3.63) is 23.8 Å². The van der Waals surface area contributed by atoms with Gasteiger partial charge in [0.2, 0.25) is 0 Å². The standard InChI is InChI=1S/C19H29NO6/c1-19(2,3)26-18(23)20-11-7-5-6-8-12-25-16-13-14(21)9-10-15(16)17(22)24-4/h9-10,13,21H,5-8,11-12H2,1-4H3,(H,20,23). The maximum absolute atomic E-state index is 11.7. The molecule has 0 aliphatic rings. The maximum Gasteiger partial charge on any atom is 0.407 e. The third-order valence-corrected chi connectivity index (χ3v) is 3.37. The Morgan fingerprint density at radius 2 is 1.81 bits per heavy atom. The zero-order valence-corrected chi connectivity index (χ0v) is 16.0. The zero-order valence-electron chi connectivity index (χ0n) is 16.0. The van der Waals surface area contributed by atoms with Crippen LogP contribution in [0.5, 0.6) is 11.5 Å². The number of benzene rings is 1. The van der Waals surface area contributed by atoms with E-state index in [9.17, 15) is 14.7 Å². The second kappa shape index (κ2) is 10.5. The van der Waals surface area contributed by atoms with Crippen LogP contribution >= 0.6 is 0 Å². The fourth-order valence-corrected chi connectivity index (χ4v) is 2.18. The predicted molar refractivity (Wildman–Crippen MR) is 97.6 cm³/mol. The normalized spacial score (nSPS) is 10.9. The van der Waals surface area contributed by atoms with Crippen molar-refractivity contribution in [3.8, 4) is 11.5 Å². The van der Waals surface area contributed by atoms with Crippen LogP contribution in [0.15, 0.2) is 18.2 Å². The molecule has 146 valence electrons. The first-order valence-electron chi connectivity index (χ1n) is 8.74. The van der Waals surface area contributed by atoms with Gasteiger partial charge in [0.25, 0.3) is 0 Å². The van der Waals surface area contributed by atoms with Gasteiger partial charge in [0.15, 0.2) is 0 Å². The topological polar surface area (TPSA) is 94.1 Å². The highest BCUT2D eigenvalue weighted by molar-refractivity contribution is 5.92. The van der Waals surface area contributed by atoms with Gasteiger partial charge in [0.1, 0.15) is 22.7 Å². The first-order valence-corrected chi connectivity index (χ1v) is 8.74. The minimum Gasteiger partial charge on any atom is -0.508 e. The third-order valence-electron chi connectivity index (χ3n) is 3.37. The van der Waals surface area contributed by atoms with E-state index in [4.69, 9.17) is 14.2 Å². The molecule has 0 unspecified atom stereocenters. The van der Waals surface area contributed by atoms with Crippen molar-refractivity contribution in [2.45, 2.75) is 52.1 Å². The summed E-state index contributed by atoms with van der Waals surface area (Å²) in [6.07, 6.45) is 3.09. The lowest BCUT2D eigenvalue weighted by atomic mass is 10.2. The first-order chi connectivity index (χ1) is 12.2. The number of unbranched alkanes of at least 4 members (excludes halogenated alkanes) is 3. The highest BCUT2D eigenvalue weighted by atomic mass is 16.6. The van der Waals surface area contributed by atoms with Gasteiger partial charge in [-0.15, -0.1) is 0 Å². The van der Waals surface area contributed by atoms with E-state index in [-0.39, 0.29) is 11.3 Å². The molecule has 2 N–H and O–H groups in total. The average molecular weight is 367 g/mol. The average Bonchev–Trinajstić information content (AvgIpc) is 2.55. The van der Waals surface area contributed by atoms with Crippen molar-refractivity contribution in [1.82, 2.24) is 5.32 Å². The minimum absolute atomic E-state index is 0.0286. The number of phenolic OH excluding ortho intramolecular Hbond substituents is 1. The molecule has 0 saturated carbocycles. The Labute approximate surface area is 154 Å². The van der Waals surface area contributed by atoms with Crippen LogP contribution in [-0.2, 0) is 9.47 Å². The summed E-state index contributed by atoms with van der Waals surface area (Å²) in [6.45, 7) is 6.46. The highest BCUT2D eigenvalue weighted by Crippen LogP contribution is 2.25. The highest BCUT2D eigenvalue weighted by Gasteiger charge is 2.15. The van der Waals surface area contributed by atoms with Gasteiger partial charge in [-0.2, -0.15) is 0 Å². The van der Waals surface area contributed by atoms with E-state index in [1.807, 2.05) is 20.8 Å². The summed E-state index contributed by atoms with van der Waals surface area (Å²) in [7, 11) is 1.30. The number of carbonyl (C=O) groups excluding carboxylic acids is 2. The molecule has 0 fully saturated rings. The van der Waals surface area contributed by atoms with Crippen molar-refractivity contribution >= 4 is 12.1 Å². The second-order valence-corrected chi connectivity index (χ2v) is 6.86. The number of aromatic hydroxyl groups is 1. The van der Waals surface area contributed by atoms with Gasteiger partial charge in [0, 0.05) is 12.6 Å². The predicted octanol–water partition coefficient (Wildman–Crippen LogP) is 3.64. The number of amides is 1. The minimum atomic E-state index is -0.506. The first kappa shape index (κ1) is 21.6. The lowest BCUT2D eigenvalue weighted by Gasteiger charge is -2.19. The monoisotopic (exact) mass is 367 g/mol. The van der Waals surface area contributed by atoms with Crippen LogP contribution in [0.25, 0.3) is 0 Å². The number of ether oxygens (including phenoxy) is 3. The lowest BCUT2D eigenvalue weighted by molar-refractivity contribution is 0.0525. The summed E-state index contributed by atoms with van der Waals surface area (Å²) >= 11 is 0. The Morgan fingerprint density at radius 1 is 1.12 bits per heavy atom. The van der Waals surface area contributed by atoms with E-state index in [0.29, 0.717) is 18.9 Å². The van der Waals surface area contributed by atoms with Crippen LogP contribution in [0.1, 0.15) is 56.8 Å². The van der Waals surface area contributed by atoms with Gasteiger partial charge < -0.3 is 24.6 Å². The number of esters is 1. The van der Waals surface area contributed by atoms with Crippen molar-refractivity contribution in [1.29, 1.82) is 0 Å². The lowest BCUT2D eigenvalue weighted by Crippen LogP contribution is -2.32. The van der Waals surface area contributed by atoms with Crippen molar-refractivity contribution in [2.24, 2.45) is 0 Å². The molecular weight excluding hydrogens is 338 g/mol. The number of hydrogen-bond donors (Lipinski definition) is 2. The van der Waals surface area contributed by atoms with Crippen LogP contribution < -0.4 is 10.1 Å². The molecule has 0 aliphatic carbocycles. The van der Waals surface area contributed by atoms with Crippen molar-refractivity contribution < 1.29 is 28.9 Å². The Kier molecular flexibility index (Phi) is 8.75. The third kappa shape index (κ3) is 8.60. The zero-order chi connectivity index (χ0) is 19.6. The van der Waals surface area contributed by atoms with Gasteiger partial charge in [-0.05, 0) is 45.7 Å². The molecule has 1 aromatic carbocycles. The van der Waals surface area contributed by atoms with Gasteiger partial charge in [0.05, 0.1) is 13.7 Å². The molecule has 0 saturated heterocycles. The Hall–Kier alpha value is -2.44. The molecule has 1 rings (SSSR count). The van der Waals surface area contributed by atoms with Crippen LogP contribution in [-0.4, -0.2) is 43.0 Å². The number of nitrogens with one attached hydrogen (secondary N) is 1. The number of phenols is 1. The fourth-order valence-electron chi connectivity index (χ4n) is 2.18. The quantitative estimate of drug-likeness (QED) is 0.511. The fraction of sp³-hybridized carbons (Fsp3) is 0.579. The molecule has 0 bridgehead atoms. The van der Waals surface area contributed by atoms with Crippen LogP contribution in [0, 0.1) is 0 Å².